The summed E-state index contributed by atoms with van der Waals surface area (Å²) < 4.78 is 46.6. The Morgan fingerprint density at radius 3 is 2.38 bits per heavy atom. The monoisotopic (exact) mass is 483 g/mol. The first kappa shape index (κ1) is 23.7. The van der Waals surface area contributed by atoms with Crippen molar-refractivity contribution in [2.24, 2.45) is 0 Å². The summed E-state index contributed by atoms with van der Waals surface area (Å²) >= 11 is 0. The zero-order chi connectivity index (χ0) is 24.1. The summed E-state index contributed by atoms with van der Waals surface area (Å²) in [5.41, 5.74) is 1.59. The van der Waals surface area contributed by atoms with Crippen LogP contribution in [0.2, 0.25) is 0 Å². The third kappa shape index (κ3) is 5.55. The average Bonchev–Trinajstić information content (AvgIpc) is 2.85. The van der Waals surface area contributed by atoms with Gasteiger partial charge in [0.15, 0.2) is 11.6 Å². The van der Waals surface area contributed by atoms with Gasteiger partial charge >= 0.3 is 0 Å². The van der Waals surface area contributed by atoms with E-state index < -0.39 is 15.8 Å². The maximum absolute atomic E-state index is 14.0. The first-order chi connectivity index (χ1) is 16.4. The van der Waals surface area contributed by atoms with E-state index in [9.17, 15) is 17.6 Å². The molecule has 1 N–H and O–H groups in total. The summed E-state index contributed by atoms with van der Waals surface area (Å²) in [5, 5.41) is 0. The van der Waals surface area contributed by atoms with Gasteiger partial charge in [-0.2, -0.15) is 0 Å². The van der Waals surface area contributed by atoms with Crippen molar-refractivity contribution in [3.8, 4) is 5.75 Å². The Morgan fingerprint density at radius 1 is 0.971 bits per heavy atom. The van der Waals surface area contributed by atoms with Gasteiger partial charge in [-0.05, 0) is 48.0 Å². The van der Waals surface area contributed by atoms with Gasteiger partial charge in [-0.1, -0.05) is 30.3 Å². The number of hydrogen-bond donors (Lipinski definition) is 1. The number of methoxy groups -OCH3 is 1. The van der Waals surface area contributed by atoms with Crippen molar-refractivity contribution in [1.82, 2.24) is 9.80 Å². The van der Waals surface area contributed by atoms with Gasteiger partial charge in [0, 0.05) is 44.0 Å². The van der Waals surface area contributed by atoms with Gasteiger partial charge in [0.2, 0.25) is 0 Å². The van der Waals surface area contributed by atoms with Gasteiger partial charge in [-0.25, -0.2) is 12.8 Å². The Bertz CT molecular complexity index is 1260. The molecule has 1 amide bonds. The number of piperazine rings is 1. The van der Waals surface area contributed by atoms with Gasteiger partial charge in [-0.3, -0.25) is 14.4 Å². The fourth-order valence-corrected chi connectivity index (χ4v) is 4.96. The zero-order valence-corrected chi connectivity index (χ0v) is 19.6. The minimum atomic E-state index is -3.74. The molecule has 1 saturated heterocycles. The number of carbonyl (C=O) groups is 1. The molecule has 0 bridgehead atoms. The topological polar surface area (TPSA) is 79.0 Å². The van der Waals surface area contributed by atoms with Gasteiger partial charge in [0.05, 0.1) is 12.0 Å². The molecule has 1 heterocycles. The highest BCUT2D eigenvalue weighted by Gasteiger charge is 2.23. The maximum atomic E-state index is 14.0. The number of amides is 1. The van der Waals surface area contributed by atoms with Crippen LogP contribution in [-0.4, -0.2) is 57.4 Å². The fourth-order valence-electron chi connectivity index (χ4n) is 3.89. The van der Waals surface area contributed by atoms with Crippen LogP contribution in [0.25, 0.3) is 0 Å². The summed E-state index contributed by atoms with van der Waals surface area (Å²) in [6.07, 6.45) is 0. The van der Waals surface area contributed by atoms with E-state index in [2.05, 4.69) is 9.62 Å². The van der Waals surface area contributed by atoms with Gasteiger partial charge in [0.1, 0.15) is 0 Å². The van der Waals surface area contributed by atoms with Crippen molar-refractivity contribution in [3.63, 3.8) is 0 Å². The Balaban J connectivity index is 1.36. The summed E-state index contributed by atoms with van der Waals surface area (Å²) in [5.74, 6) is -0.333. The zero-order valence-electron chi connectivity index (χ0n) is 18.8. The summed E-state index contributed by atoms with van der Waals surface area (Å²) in [7, 11) is -2.31. The largest absolute Gasteiger partial charge is 0.494 e. The second kappa shape index (κ2) is 10.2. The molecule has 0 atom stereocenters. The predicted molar refractivity (Wildman–Crippen MR) is 128 cm³/mol. The normalized spacial score (nSPS) is 14.6. The third-order valence-electron chi connectivity index (χ3n) is 5.70. The number of hydrogen-bond acceptors (Lipinski definition) is 5. The van der Waals surface area contributed by atoms with Crippen molar-refractivity contribution < 1.29 is 22.3 Å². The summed E-state index contributed by atoms with van der Waals surface area (Å²) in [4.78, 5) is 17.1. The smallest absolute Gasteiger partial charge is 0.261 e. The van der Waals surface area contributed by atoms with Crippen LogP contribution in [0, 0.1) is 5.82 Å². The number of anilines is 1. The molecule has 178 valence electrons. The number of nitrogens with one attached hydrogen (secondary N) is 1. The van der Waals surface area contributed by atoms with Crippen LogP contribution < -0.4 is 9.46 Å². The molecule has 9 heteroatoms. The van der Waals surface area contributed by atoms with E-state index in [1.54, 1.807) is 53.4 Å². The SMILES string of the molecule is COc1ccc(CN2CCN(C(=O)c3cccc(NS(=O)(=O)c4ccccc4)c3)CC2)cc1F. The van der Waals surface area contributed by atoms with Crippen molar-refractivity contribution in [1.29, 1.82) is 0 Å². The van der Waals surface area contributed by atoms with E-state index in [0.717, 1.165) is 5.56 Å². The van der Waals surface area contributed by atoms with Crippen molar-refractivity contribution in [3.05, 3.63) is 89.7 Å². The molecule has 34 heavy (non-hydrogen) atoms. The van der Waals surface area contributed by atoms with Crippen LogP contribution in [-0.2, 0) is 16.6 Å². The highest BCUT2D eigenvalue weighted by Crippen LogP contribution is 2.21. The molecular weight excluding hydrogens is 457 g/mol. The van der Waals surface area contributed by atoms with Crippen LogP contribution in [0.4, 0.5) is 10.1 Å². The van der Waals surface area contributed by atoms with Crippen LogP contribution in [0.1, 0.15) is 15.9 Å². The molecule has 4 rings (SSSR count). The van der Waals surface area contributed by atoms with Crippen molar-refractivity contribution in [2.45, 2.75) is 11.4 Å². The van der Waals surface area contributed by atoms with E-state index in [0.29, 0.717) is 44.0 Å². The molecule has 3 aromatic rings. The molecule has 3 aromatic carbocycles. The maximum Gasteiger partial charge on any atom is 0.261 e. The molecule has 0 spiro atoms. The highest BCUT2D eigenvalue weighted by atomic mass is 32.2. The first-order valence-corrected chi connectivity index (χ1v) is 12.4. The van der Waals surface area contributed by atoms with Crippen LogP contribution in [0.5, 0.6) is 5.75 Å². The van der Waals surface area contributed by atoms with Gasteiger partial charge < -0.3 is 9.64 Å². The summed E-state index contributed by atoms with van der Waals surface area (Å²) in [6.45, 7) is 2.94. The molecule has 1 fully saturated rings. The van der Waals surface area contributed by atoms with E-state index in [-0.39, 0.29) is 16.6 Å². The quantitative estimate of drug-likeness (QED) is 0.556. The van der Waals surface area contributed by atoms with Gasteiger partial charge in [0.25, 0.3) is 15.9 Å². The van der Waals surface area contributed by atoms with E-state index in [4.69, 9.17) is 4.74 Å². The fraction of sp³-hybridized carbons (Fsp3) is 0.240. The average molecular weight is 484 g/mol. The van der Waals surface area contributed by atoms with E-state index in [1.807, 2.05) is 6.07 Å². The molecule has 1 aliphatic heterocycles. The van der Waals surface area contributed by atoms with E-state index >= 15 is 0 Å². The molecule has 0 radical (unpaired) electrons. The Labute approximate surface area is 198 Å². The molecule has 0 aliphatic carbocycles. The lowest BCUT2D eigenvalue weighted by atomic mass is 10.1. The van der Waals surface area contributed by atoms with Crippen LogP contribution in [0.3, 0.4) is 0 Å². The Hall–Kier alpha value is -3.43. The number of sulfonamides is 1. The van der Waals surface area contributed by atoms with E-state index in [1.165, 1.54) is 25.3 Å². The number of benzene rings is 3. The lowest BCUT2D eigenvalue weighted by Crippen LogP contribution is -2.48. The first-order valence-electron chi connectivity index (χ1n) is 10.9. The number of rotatable bonds is 7. The van der Waals surface area contributed by atoms with Crippen LogP contribution in [0.15, 0.2) is 77.7 Å². The van der Waals surface area contributed by atoms with Crippen molar-refractivity contribution in [2.75, 3.05) is 38.0 Å². The third-order valence-corrected chi connectivity index (χ3v) is 7.09. The second-order valence-electron chi connectivity index (χ2n) is 8.04. The predicted octanol–water partition coefficient (Wildman–Crippen LogP) is 3.59. The second-order valence-corrected chi connectivity index (χ2v) is 9.72. The van der Waals surface area contributed by atoms with Crippen molar-refractivity contribution >= 4 is 21.6 Å². The number of halogens is 1. The lowest BCUT2D eigenvalue weighted by molar-refractivity contribution is 0.0628. The minimum Gasteiger partial charge on any atom is -0.494 e. The minimum absolute atomic E-state index is 0.152. The molecule has 0 aromatic heterocycles. The summed E-state index contributed by atoms with van der Waals surface area (Å²) in [6, 6.07) is 19.5. The standard InChI is InChI=1S/C25H26FN3O4S/c1-33-24-11-10-19(16-23(24)26)18-28-12-14-29(15-13-28)25(30)20-6-5-7-21(17-20)27-34(31,32)22-8-3-2-4-9-22/h2-11,16-17,27H,12-15,18H2,1H3. The molecule has 0 saturated carbocycles. The van der Waals surface area contributed by atoms with Gasteiger partial charge in [-0.15, -0.1) is 0 Å². The lowest BCUT2D eigenvalue weighted by Gasteiger charge is -2.35. The molecule has 1 aliphatic rings. The van der Waals surface area contributed by atoms with Crippen LogP contribution >= 0.6 is 0 Å². The Morgan fingerprint density at radius 2 is 1.71 bits per heavy atom. The number of carbonyl (C=O) groups excluding carboxylic acids is 1. The highest BCUT2D eigenvalue weighted by molar-refractivity contribution is 7.92. The molecular formula is C25H26FN3O4S. The number of nitrogens with zero attached hydrogens (tertiary/aromatic N) is 2. The molecule has 7 nitrogen and oxygen atoms in total. The number of ether oxygens (including phenoxy) is 1. The Kier molecular flexibility index (Phi) is 7.14. The molecule has 0 unspecified atom stereocenters.